The van der Waals surface area contributed by atoms with Gasteiger partial charge < -0.3 is 30.1 Å². The lowest BCUT2D eigenvalue weighted by molar-refractivity contribution is 0.108. The summed E-state index contributed by atoms with van der Waals surface area (Å²) >= 11 is 0. The summed E-state index contributed by atoms with van der Waals surface area (Å²) in [6, 6.07) is 18.7. The zero-order chi connectivity index (χ0) is 32.4. The van der Waals surface area contributed by atoms with E-state index < -0.39 is 0 Å². The number of benzene rings is 3. The van der Waals surface area contributed by atoms with Crippen LogP contribution >= 0.6 is 0 Å². The zero-order valence-corrected chi connectivity index (χ0v) is 27.4. The van der Waals surface area contributed by atoms with E-state index in [4.69, 9.17) is 14.7 Å². The summed E-state index contributed by atoms with van der Waals surface area (Å²) in [5, 5.41) is 26.8. The third-order valence-electron chi connectivity index (χ3n) is 11.8. The van der Waals surface area contributed by atoms with Crippen LogP contribution in [0.5, 0.6) is 11.8 Å². The highest BCUT2D eigenvalue weighted by atomic mass is 16.5. The Labute approximate surface area is 280 Å². The van der Waals surface area contributed by atoms with Crippen LogP contribution in [-0.4, -0.2) is 98.6 Å². The van der Waals surface area contributed by atoms with Gasteiger partial charge in [-0.15, -0.1) is 0 Å². The normalized spacial score (nSPS) is 26.4. The Morgan fingerprint density at radius 2 is 1.73 bits per heavy atom. The van der Waals surface area contributed by atoms with E-state index in [0.29, 0.717) is 32.1 Å². The van der Waals surface area contributed by atoms with Gasteiger partial charge >= 0.3 is 12.0 Å². The van der Waals surface area contributed by atoms with Crippen LogP contribution < -0.4 is 15.0 Å². The van der Waals surface area contributed by atoms with Gasteiger partial charge in [0, 0.05) is 24.5 Å². The molecule has 9 rings (SSSR count). The third kappa shape index (κ3) is 5.20. The number of carbonyl (C=O) groups excluding carboxylic acids is 1. The molecule has 4 atom stereocenters. The van der Waals surface area contributed by atoms with Gasteiger partial charge in [0.05, 0.1) is 29.2 Å². The summed E-state index contributed by atoms with van der Waals surface area (Å²) in [4.78, 5) is 30.6. The number of urea groups is 1. The van der Waals surface area contributed by atoms with Gasteiger partial charge in [0.25, 0.3) is 0 Å². The minimum atomic E-state index is -0.317. The molecule has 10 nitrogen and oxygen atoms in total. The summed E-state index contributed by atoms with van der Waals surface area (Å²) in [5.41, 5.74) is 2.81. The molecule has 4 saturated heterocycles. The number of nitrogens with zero attached hydrogens (tertiary/aromatic N) is 5. The Kier molecular flexibility index (Phi) is 7.34. The van der Waals surface area contributed by atoms with Crippen molar-refractivity contribution in [2.45, 2.75) is 87.6 Å². The maximum absolute atomic E-state index is 13.5. The fraction of sp³-hybridized carbons (Fsp3) is 0.500. The summed E-state index contributed by atoms with van der Waals surface area (Å²) in [6.07, 6.45) is 8.52. The number of aliphatic hydroxyl groups is 1. The smallest absolute Gasteiger partial charge is 0.319 e. The Morgan fingerprint density at radius 1 is 0.938 bits per heavy atom. The molecule has 250 valence electrons. The molecular weight excluding hydrogens is 604 g/mol. The number of phenolic OH excluding ortho intramolecular Hbond substituents is 1. The van der Waals surface area contributed by atoms with Gasteiger partial charge in [0.2, 0.25) is 0 Å². The fourth-order valence-electron chi connectivity index (χ4n) is 9.50. The molecule has 0 unspecified atom stereocenters. The predicted octanol–water partition coefficient (Wildman–Crippen LogP) is 5.44. The van der Waals surface area contributed by atoms with Crippen molar-refractivity contribution in [3.05, 3.63) is 54.6 Å². The van der Waals surface area contributed by atoms with Gasteiger partial charge in [-0.1, -0.05) is 30.3 Å². The SMILES string of the molecule is O=C(N[C@H]1CC[C@@H](O)C1)N1[C@@H]2CC[C@H]1CN(c1nc(OCC34CCCN3CCC4)nc3cc(-c4cc(O)cc5ccccc45)ccc13)C2. The Balaban J connectivity index is 1.06. The topological polar surface area (TPSA) is 114 Å². The van der Waals surface area contributed by atoms with E-state index in [1.807, 2.05) is 24.3 Å². The van der Waals surface area contributed by atoms with Crippen LogP contribution in [0.2, 0.25) is 0 Å². The van der Waals surface area contributed by atoms with Crippen LogP contribution in [0, 0.1) is 0 Å². The molecule has 0 radical (unpaired) electrons. The molecule has 4 aromatic rings. The first-order valence-corrected chi connectivity index (χ1v) is 17.9. The van der Waals surface area contributed by atoms with Gasteiger partial charge in [-0.05, 0) is 117 Å². The second-order valence-corrected chi connectivity index (χ2v) is 14.8. The number of hydrogen-bond acceptors (Lipinski definition) is 8. The first kappa shape index (κ1) is 29.9. The molecule has 5 heterocycles. The van der Waals surface area contributed by atoms with Crippen molar-refractivity contribution in [3.63, 3.8) is 0 Å². The molecule has 3 N–H and O–H groups in total. The van der Waals surface area contributed by atoms with Crippen molar-refractivity contribution >= 4 is 33.5 Å². The number of aromatic hydroxyl groups is 1. The van der Waals surface area contributed by atoms with Crippen LogP contribution in [0.15, 0.2) is 54.6 Å². The number of rotatable bonds is 6. The number of anilines is 1. The van der Waals surface area contributed by atoms with Gasteiger partial charge in [-0.3, -0.25) is 4.90 Å². The maximum atomic E-state index is 13.5. The standard InChI is InChI=1S/C38H44N6O4/c45-29-11-8-26(19-29)39-37(47)44-27-9-10-28(44)22-42(21-27)35-32-12-7-25(33-20-30(46)17-24-5-1-2-6-31(24)33)18-34(32)40-36(41-35)48-23-38-13-3-15-43(38)16-4-14-38/h1-2,5-7,12,17-18,20,26-29,45-46H,3-4,8-11,13-16,19,21-23H2,(H,39,47)/t26-,27-,28+,29+/m0/s1. The molecular formula is C38H44N6O4. The van der Waals surface area contributed by atoms with Crippen LogP contribution in [0.25, 0.3) is 32.8 Å². The van der Waals surface area contributed by atoms with Crippen molar-refractivity contribution < 1.29 is 19.7 Å². The first-order valence-electron chi connectivity index (χ1n) is 17.9. The number of hydrogen-bond donors (Lipinski definition) is 3. The fourth-order valence-corrected chi connectivity index (χ4v) is 9.50. The molecule has 1 saturated carbocycles. The number of fused-ring (bicyclic) bond motifs is 5. The quantitative estimate of drug-likeness (QED) is 0.254. The zero-order valence-electron chi connectivity index (χ0n) is 27.4. The van der Waals surface area contributed by atoms with Crippen molar-refractivity contribution in [1.29, 1.82) is 0 Å². The molecule has 2 amide bonds. The van der Waals surface area contributed by atoms with Crippen molar-refractivity contribution in [1.82, 2.24) is 25.1 Å². The second kappa shape index (κ2) is 11.8. The van der Waals surface area contributed by atoms with Crippen molar-refractivity contribution in [3.8, 4) is 22.9 Å². The highest BCUT2D eigenvalue weighted by Crippen LogP contribution is 2.41. The average molecular weight is 649 g/mol. The largest absolute Gasteiger partial charge is 0.508 e. The molecule has 3 aromatic carbocycles. The minimum absolute atomic E-state index is 0.00209. The second-order valence-electron chi connectivity index (χ2n) is 14.8. The molecule has 2 bridgehead atoms. The monoisotopic (exact) mass is 648 g/mol. The average Bonchev–Trinajstić information content (AvgIpc) is 3.85. The van der Waals surface area contributed by atoms with Gasteiger partial charge in [-0.2, -0.15) is 9.97 Å². The first-order chi connectivity index (χ1) is 23.4. The molecule has 5 aliphatic rings. The summed E-state index contributed by atoms with van der Waals surface area (Å²) in [6.45, 7) is 4.25. The Bertz CT molecular complexity index is 1860. The third-order valence-corrected chi connectivity index (χ3v) is 11.8. The number of piperazine rings is 1. The molecule has 10 heteroatoms. The number of carbonyl (C=O) groups is 1. The lowest BCUT2D eigenvalue weighted by atomic mass is 9.95. The van der Waals surface area contributed by atoms with Gasteiger partial charge in [-0.25, -0.2) is 4.79 Å². The van der Waals surface area contributed by atoms with E-state index in [-0.39, 0.29) is 41.5 Å². The van der Waals surface area contributed by atoms with Gasteiger partial charge in [0.15, 0.2) is 0 Å². The highest BCUT2D eigenvalue weighted by molar-refractivity contribution is 6.01. The van der Waals surface area contributed by atoms with Crippen molar-refractivity contribution in [2.75, 3.05) is 37.7 Å². The van der Waals surface area contributed by atoms with Crippen LogP contribution in [0.4, 0.5) is 10.6 Å². The molecule has 5 fully saturated rings. The van der Waals surface area contributed by atoms with Crippen LogP contribution in [0.1, 0.15) is 57.8 Å². The Morgan fingerprint density at radius 3 is 2.50 bits per heavy atom. The lowest BCUT2D eigenvalue weighted by Gasteiger charge is -2.42. The lowest BCUT2D eigenvalue weighted by Crippen LogP contribution is -2.59. The molecule has 48 heavy (non-hydrogen) atoms. The number of nitrogens with one attached hydrogen (secondary N) is 1. The van der Waals surface area contributed by atoms with Crippen molar-refractivity contribution in [2.24, 2.45) is 0 Å². The van der Waals surface area contributed by atoms with E-state index >= 15 is 0 Å². The molecule has 0 spiro atoms. The van der Waals surface area contributed by atoms with E-state index in [9.17, 15) is 15.0 Å². The molecule has 1 aromatic heterocycles. The summed E-state index contributed by atoms with van der Waals surface area (Å²) < 4.78 is 6.56. The number of amides is 2. The van der Waals surface area contributed by atoms with E-state index in [1.165, 1.54) is 12.8 Å². The number of aliphatic hydroxyl groups excluding tert-OH is 1. The summed E-state index contributed by atoms with van der Waals surface area (Å²) in [7, 11) is 0. The maximum Gasteiger partial charge on any atom is 0.319 e. The predicted molar refractivity (Wildman–Crippen MR) is 185 cm³/mol. The van der Waals surface area contributed by atoms with E-state index in [1.54, 1.807) is 6.07 Å². The molecule has 4 aliphatic heterocycles. The van der Waals surface area contributed by atoms with E-state index in [0.717, 1.165) is 90.2 Å². The van der Waals surface area contributed by atoms with Gasteiger partial charge in [0.1, 0.15) is 18.2 Å². The number of aromatic nitrogens is 2. The Hall–Kier alpha value is -4.15. The number of ether oxygens (including phenoxy) is 1. The highest BCUT2D eigenvalue weighted by Gasteiger charge is 2.46. The minimum Gasteiger partial charge on any atom is -0.508 e. The van der Waals surface area contributed by atoms with E-state index in [2.05, 4.69) is 44.3 Å². The van der Waals surface area contributed by atoms with Crippen LogP contribution in [0.3, 0.4) is 0 Å². The van der Waals surface area contributed by atoms with Crippen LogP contribution in [-0.2, 0) is 0 Å². The summed E-state index contributed by atoms with van der Waals surface area (Å²) in [5.74, 6) is 1.08. The molecule has 1 aliphatic carbocycles. The number of phenols is 1.